The Morgan fingerprint density at radius 1 is 1.24 bits per heavy atom. The van der Waals surface area contributed by atoms with Crippen LogP contribution in [0.3, 0.4) is 0 Å². The molecule has 0 bridgehead atoms. The first-order chi connectivity index (χ1) is 7.63. The van der Waals surface area contributed by atoms with Gasteiger partial charge in [-0.2, -0.15) is 0 Å². The van der Waals surface area contributed by atoms with Crippen LogP contribution >= 0.6 is 12.4 Å². The lowest BCUT2D eigenvalue weighted by Crippen LogP contribution is -2.58. The van der Waals surface area contributed by atoms with E-state index in [4.69, 9.17) is 0 Å². The van der Waals surface area contributed by atoms with Crippen molar-refractivity contribution in [1.82, 2.24) is 10.2 Å². The molecule has 1 saturated heterocycles. The van der Waals surface area contributed by atoms with Crippen LogP contribution in [0.25, 0.3) is 0 Å². The second kappa shape index (κ2) is 6.05. The fraction of sp³-hybridized carbons (Fsp3) is 0.923. The molecule has 1 amide bonds. The van der Waals surface area contributed by atoms with Crippen molar-refractivity contribution < 1.29 is 4.79 Å². The zero-order chi connectivity index (χ0) is 11.6. The van der Waals surface area contributed by atoms with Crippen molar-refractivity contribution in [1.29, 1.82) is 0 Å². The molecule has 17 heavy (non-hydrogen) atoms. The number of amides is 1. The smallest absolute Gasteiger partial charge is 0.242 e. The van der Waals surface area contributed by atoms with Gasteiger partial charge in [-0.05, 0) is 45.6 Å². The molecular formula is C13H25ClN2O. The van der Waals surface area contributed by atoms with E-state index in [0.29, 0.717) is 11.9 Å². The number of rotatable bonds is 2. The van der Waals surface area contributed by atoms with Gasteiger partial charge in [0.2, 0.25) is 5.91 Å². The second-order valence-electron chi connectivity index (χ2n) is 5.57. The molecule has 2 fully saturated rings. The summed E-state index contributed by atoms with van der Waals surface area (Å²) in [6.45, 7) is 3.06. The lowest BCUT2D eigenvalue weighted by molar-refractivity contribution is -0.139. The molecular weight excluding hydrogens is 236 g/mol. The molecule has 1 aliphatic heterocycles. The maximum Gasteiger partial charge on any atom is 0.242 e. The summed E-state index contributed by atoms with van der Waals surface area (Å²) < 4.78 is 0. The van der Waals surface area contributed by atoms with Crippen LogP contribution in [0.5, 0.6) is 0 Å². The second-order valence-corrected chi connectivity index (χ2v) is 5.57. The maximum absolute atomic E-state index is 12.5. The number of carbonyl (C=O) groups excluding carboxylic acids is 1. The fourth-order valence-electron chi connectivity index (χ4n) is 3.09. The van der Waals surface area contributed by atoms with Gasteiger partial charge in [0.25, 0.3) is 0 Å². The normalized spacial score (nSPS) is 29.8. The Labute approximate surface area is 111 Å². The van der Waals surface area contributed by atoms with Gasteiger partial charge in [-0.25, -0.2) is 0 Å². The maximum atomic E-state index is 12.5. The first kappa shape index (κ1) is 14.8. The predicted octanol–water partition coefficient (Wildman–Crippen LogP) is 2.34. The summed E-state index contributed by atoms with van der Waals surface area (Å²) in [5.74, 6) is 0.305. The van der Waals surface area contributed by atoms with Gasteiger partial charge in [-0.3, -0.25) is 4.79 Å². The lowest BCUT2D eigenvalue weighted by atomic mass is 9.89. The standard InChI is InChI=1S/C13H24N2O.ClH/c1-13(9-5-6-10-14-13)12(16)15(2)11-7-3-4-8-11;/h11,14H,3-10H2,1-2H3;1H. The molecule has 1 unspecified atom stereocenters. The monoisotopic (exact) mass is 260 g/mol. The molecule has 1 heterocycles. The van der Waals surface area contributed by atoms with Crippen molar-refractivity contribution in [3.05, 3.63) is 0 Å². The van der Waals surface area contributed by atoms with Gasteiger partial charge >= 0.3 is 0 Å². The number of carbonyl (C=O) groups is 1. The minimum absolute atomic E-state index is 0. The van der Waals surface area contributed by atoms with E-state index in [0.717, 1.165) is 13.0 Å². The molecule has 1 aliphatic carbocycles. The number of piperidine rings is 1. The zero-order valence-corrected chi connectivity index (χ0v) is 11.8. The topological polar surface area (TPSA) is 32.3 Å². The largest absolute Gasteiger partial charge is 0.341 e. The summed E-state index contributed by atoms with van der Waals surface area (Å²) in [4.78, 5) is 14.5. The zero-order valence-electron chi connectivity index (χ0n) is 11.0. The molecule has 0 spiro atoms. The molecule has 0 radical (unpaired) electrons. The van der Waals surface area contributed by atoms with Crippen molar-refractivity contribution in [2.45, 2.75) is 63.5 Å². The van der Waals surface area contributed by atoms with Crippen LogP contribution in [-0.2, 0) is 4.79 Å². The van der Waals surface area contributed by atoms with Gasteiger partial charge in [0.05, 0.1) is 5.54 Å². The predicted molar refractivity (Wildman–Crippen MR) is 72.5 cm³/mol. The minimum Gasteiger partial charge on any atom is -0.341 e. The van der Waals surface area contributed by atoms with Gasteiger partial charge < -0.3 is 10.2 Å². The summed E-state index contributed by atoms with van der Waals surface area (Å²) in [7, 11) is 1.99. The van der Waals surface area contributed by atoms with E-state index in [2.05, 4.69) is 12.2 Å². The third kappa shape index (κ3) is 3.14. The van der Waals surface area contributed by atoms with E-state index in [1.807, 2.05) is 11.9 Å². The van der Waals surface area contributed by atoms with E-state index in [9.17, 15) is 4.79 Å². The Morgan fingerprint density at radius 3 is 2.41 bits per heavy atom. The SMILES string of the molecule is CN(C(=O)C1(C)CCCCN1)C1CCCC1.Cl. The van der Waals surface area contributed by atoms with E-state index in [-0.39, 0.29) is 17.9 Å². The highest BCUT2D eigenvalue weighted by Gasteiger charge is 2.38. The molecule has 1 atom stereocenters. The molecule has 2 rings (SSSR count). The highest BCUT2D eigenvalue weighted by Crippen LogP contribution is 2.27. The van der Waals surface area contributed by atoms with Crippen LogP contribution in [0, 0.1) is 0 Å². The molecule has 2 aliphatic rings. The van der Waals surface area contributed by atoms with Gasteiger partial charge in [0.15, 0.2) is 0 Å². The molecule has 100 valence electrons. The molecule has 3 nitrogen and oxygen atoms in total. The highest BCUT2D eigenvalue weighted by atomic mass is 35.5. The van der Waals surface area contributed by atoms with Crippen LogP contribution in [0.1, 0.15) is 51.9 Å². The van der Waals surface area contributed by atoms with E-state index in [1.54, 1.807) is 0 Å². The molecule has 1 N–H and O–H groups in total. The number of likely N-dealkylation sites (N-methyl/N-ethyl adjacent to an activating group) is 1. The number of hydrogen-bond acceptors (Lipinski definition) is 2. The number of hydrogen-bond donors (Lipinski definition) is 1. The van der Waals surface area contributed by atoms with Gasteiger partial charge in [-0.1, -0.05) is 12.8 Å². The van der Waals surface area contributed by atoms with Gasteiger partial charge in [0, 0.05) is 13.1 Å². The van der Waals surface area contributed by atoms with Crippen molar-refractivity contribution in [2.75, 3.05) is 13.6 Å². The average Bonchev–Trinajstić information content (AvgIpc) is 2.81. The fourth-order valence-corrected chi connectivity index (χ4v) is 3.09. The van der Waals surface area contributed by atoms with Crippen molar-refractivity contribution in [3.63, 3.8) is 0 Å². The Hall–Kier alpha value is -0.280. The summed E-state index contributed by atoms with van der Waals surface area (Å²) in [5.41, 5.74) is -0.296. The quantitative estimate of drug-likeness (QED) is 0.827. The summed E-state index contributed by atoms with van der Waals surface area (Å²) in [6, 6.07) is 0.494. The Kier molecular flexibility index (Phi) is 5.26. The Balaban J connectivity index is 0.00000144. The van der Waals surface area contributed by atoms with Crippen molar-refractivity contribution >= 4 is 18.3 Å². The Bertz CT molecular complexity index is 258. The molecule has 0 aromatic carbocycles. The first-order valence-electron chi connectivity index (χ1n) is 6.66. The van der Waals surface area contributed by atoms with Crippen LogP contribution in [0.15, 0.2) is 0 Å². The molecule has 4 heteroatoms. The van der Waals surface area contributed by atoms with E-state index >= 15 is 0 Å². The van der Waals surface area contributed by atoms with Crippen molar-refractivity contribution in [2.24, 2.45) is 0 Å². The van der Waals surface area contributed by atoms with Crippen LogP contribution < -0.4 is 5.32 Å². The third-order valence-corrected chi connectivity index (χ3v) is 4.28. The third-order valence-electron chi connectivity index (χ3n) is 4.28. The number of nitrogens with one attached hydrogen (secondary N) is 1. The molecule has 1 saturated carbocycles. The van der Waals surface area contributed by atoms with Gasteiger partial charge in [-0.15, -0.1) is 12.4 Å². The Morgan fingerprint density at radius 2 is 1.88 bits per heavy atom. The molecule has 0 aromatic rings. The van der Waals surface area contributed by atoms with Crippen LogP contribution in [-0.4, -0.2) is 36.0 Å². The lowest BCUT2D eigenvalue weighted by Gasteiger charge is -2.38. The summed E-state index contributed by atoms with van der Waals surface area (Å²) in [6.07, 6.45) is 8.32. The van der Waals surface area contributed by atoms with E-state index in [1.165, 1.54) is 38.5 Å². The summed E-state index contributed by atoms with van der Waals surface area (Å²) in [5, 5.41) is 3.41. The molecule has 0 aromatic heterocycles. The first-order valence-corrected chi connectivity index (χ1v) is 6.66. The van der Waals surface area contributed by atoms with E-state index < -0.39 is 0 Å². The summed E-state index contributed by atoms with van der Waals surface area (Å²) >= 11 is 0. The van der Waals surface area contributed by atoms with Crippen LogP contribution in [0.4, 0.5) is 0 Å². The minimum atomic E-state index is -0.296. The highest BCUT2D eigenvalue weighted by molar-refractivity contribution is 5.86. The van der Waals surface area contributed by atoms with Gasteiger partial charge in [0.1, 0.15) is 0 Å². The van der Waals surface area contributed by atoms with Crippen molar-refractivity contribution in [3.8, 4) is 0 Å². The number of halogens is 1. The number of nitrogens with zero attached hydrogens (tertiary/aromatic N) is 1. The van der Waals surface area contributed by atoms with Crippen LogP contribution in [0.2, 0.25) is 0 Å². The average molecular weight is 261 g/mol.